The molecule has 0 unspecified atom stereocenters. The molecule has 0 spiro atoms. The number of hydrogen-bond donors (Lipinski definition) is 0. The molecule has 168 valence electrons. The number of H-pyrrole nitrogens is 2. The molecule has 0 aliphatic rings. The summed E-state index contributed by atoms with van der Waals surface area (Å²) in [6.07, 6.45) is 0. The Kier molecular flexibility index (Phi) is 7.09. The van der Waals surface area contributed by atoms with Crippen LogP contribution in [-0.2, 0) is 14.1 Å². The molecule has 6 nitrogen and oxygen atoms in total. The Bertz CT molecular complexity index is 1500. The predicted octanol–water partition coefficient (Wildman–Crippen LogP) is 3.09. The Balaban J connectivity index is 0.000000160. The minimum atomic E-state index is 0. The number of para-hydroxylation sites is 6. The summed E-state index contributed by atoms with van der Waals surface area (Å²) < 4.78 is 4.01. The Hall–Kier alpha value is -3.81. The van der Waals surface area contributed by atoms with Crippen molar-refractivity contribution in [2.75, 3.05) is 0 Å². The second-order valence-corrected chi connectivity index (χ2v) is 8.09. The first-order valence-corrected chi connectivity index (χ1v) is 11.0. The maximum Gasteiger partial charge on any atom is 2.00 e. The van der Waals surface area contributed by atoms with E-state index in [0.717, 1.165) is 33.7 Å². The molecular weight excluding hydrogens is 449 g/mol. The zero-order valence-corrected chi connectivity index (χ0v) is 21.1. The topological polar surface area (TPSA) is 84.3 Å². The first-order chi connectivity index (χ1) is 16.5. The average molecular weight is 473 g/mol. The van der Waals surface area contributed by atoms with Gasteiger partial charge in [-0.2, -0.15) is 0 Å². The second-order valence-electron chi connectivity index (χ2n) is 8.09. The first-order valence-electron chi connectivity index (χ1n) is 11.0. The van der Waals surface area contributed by atoms with Gasteiger partial charge in [-0.1, -0.05) is 72.2 Å². The van der Waals surface area contributed by atoms with Crippen LogP contribution in [0.5, 0.6) is 11.5 Å². The molecule has 0 bridgehead atoms. The van der Waals surface area contributed by atoms with Gasteiger partial charge in [0, 0.05) is 0 Å². The zero-order chi connectivity index (χ0) is 23.7. The summed E-state index contributed by atoms with van der Waals surface area (Å²) in [6.45, 7) is 0. The van der Waals surface area contributed by atoms with Gasteiger partial charge in [-0.25, -0.2) is 19.1 Å². The van der Waals surface area contributed by atoms with Crippen molar-refractivity contribution in [2.24, 2.45) is 14.1 Å². The number of rotatable bonds is 2. The Morgan fingerprint density at radius 2 is 0.857 bits per heavy atom. The molecule has 0 amide bonds. The van der Waals surface area contributed by atoms with Crippen LogP contribution in [0, 0.1) is 0 Å². The summed E-state index contributed by atoms with van der Waals surface area (Å²) >= 11 is 0. The molecule has 0 saturated carbocycles. The number of nitrogens with one attached hydrogen (secondary N) is 2. The molecule has 0 saturated heterocycles. The van der Waals surface area contributed by atoms with Crippen LogP contribution < -0.4 is 20.2 Å². The van der Waals surface area contributed by atoms with Crippen molar-refractivity contribution in [1.82, 2.24) is 9.13 Å². The fourth-order valence-electron chi connectivity index (χ4n) is 4.23. The van der Waals surface area contributed by atoms with E-state index in [1.54, 1.807) is 24.3 Å². The van der Waals surface area contributed by atoms with Crippen LogP contribution in [0.4, 0.5) is 0 Å². The third-order valence-electron chi connectivity index (χ3n) is 5.99. The molecular formula is C28H24MgN4O2+2. The van der Waals surface area contributed by atoms with Gasteiger partial charge in [0.2, 0.25) is 0 Å². The zero-order valence-electron chi connectivity index (χ0n) is 19.7. The number of fused-ring (bicyclic) bond motifs is 2. The van der Waals surface area contributed by atoms with Crippen molar-refractivity contribution in [3.8, 4) is 34.3 Å². The largest absolute Gasteiger partial charge is 2.00 e. The van der Waals surface area contributed by atoms with Gasteiger partial charge in [0.15, 0.2) is 22.1 Å². The van der Waals surface area contributed by atoms with Crippen LogP contribution in [0.2, 0.25) is 0 Å². The number of nitrogens with zero attached hydrogens (tertiary/aromatic N) is 2. The van der Waals surface area contributed by atoms with Gasteiger partial charge >= 0.3 is 23.1 Å². The fourth-order valence-corrected chi connectivity index (χ4v) is 4.23. The maximum atomic E-state index is 11.8. The molecule has 0 radical (unpaired) electrons. The number of benzene rings is 4. The van der Waals surface area contributed by atoms with Gasteiger partial charge in [0.1, 0.15) is 0 Å². The summed E-state index contributed by atoms with van der Waals surface area (Å²) in [5.74, 6) is 1.76. The van der Waals surface area contributed by atoms with Crippen molar-refractivity contribution in [3.05, 3.63) is 97.1 Å². The van der Waals surface area contributed by atoms with Crippen molar-refractivity contribution >= 4 is 45.1 Å². The van der Waals surface area contributed by atoms with Gasteiger partial charge < -0.3 is 10.2 Å². The Morgan fingerprint density at radius 1 is 0.514 bits per heavy atom. The normalized spacial score (nSPS) is 10.6. The number of aromatic amines is 2. The van der Waals surface area contributed by atoms with Gasteiger partial charge in [-0.05, 0) is 36.4 Å². The molecule has 0 atom stereocenters. The summed E-state index contributed by atoms with van der Waals surface area (Å²) in [4.78, 5) is 6.57. The van der Waals surface area contributed by atoms with E-state index >= 15 is 0 Å². The summed E-state index contributed by atoms with van der Waals surface area (Å²) in [7, 11) is 3.92. The van der Waals surface area contributed by atoms with Crippen LogP contribution in [0.15, 0.2) is 97.1 Å². The minimum absolute atomic E-state index is 0. The third-order valence-corrected chi connectivity index (χ3v) is 5.99. The Morgan fingerprint density at radius 3 is 1.23 bits per heavy atom. The number of aryl methyl sites for hydroxylation is 2. The predicted molar refractivity (Wildman–Crippen MR) is 134 cm³/mol. The van der Waals surface area contributed by atoms with E-state index < -0.39 is 0 Å². The molecule has 2 aromatic heterocycles. The van der Waals surface area contributed by atoms with Crippen LogP contribution in [0.25, 0.3) is 44.8 Å². The van der Waals surface area contributed by atoms with E-state index in [0.29, 0.717) is 11.1 Å². The van der Waals surface area contributed by atoms with E-state index in [1.165, 1.54) is 0 Å². The van der Waals surface area contributed by atoms with Gasteiger partial charge in [-0.15, -0.1) is 0 Å². The van der Waals surface area contributed by atoms with Crippen molar-refractivity contribution < 1.29 is 20.2 Å². The van der Waals surface area contributed by atoms with Crippen molar-refractivity contribution in [2.45, 2.75) is 0 Å². The van der Waals surface area contributed by atoms with Gasteiger partial charge in [-0.3, -0.25) is 0 Å². The monoisotopic (exact) mass is 472 g/mol. The molecule has 2 heterocycles. The van der Waals surface area contributed by atoms with Gasteiger partial charge in [0.05, 0.1) is 25.2 Å². The number of aromatic nitrogens is 4. The maximum absolute atomic E-state index is 11.8. The smallest absolute Gasteiger partial charge is 0.872 e. The first kappa shape index (κ1) is 24.3. The average Bonchev–Trinajstić information content (AvgIpc) is 3.37. The quantitative estimate of drug-likeness (QED) is 0.363. The van der Waals surface area contributed by atoms with E-state index in [9.17, 15) is 10.2 Å². The van der Waals surface area contributed by atoms with Crippen LogP contribution in [-0.4, -0.2) is 32.2 Å². The SMILES string of the molecule is Cn1c(-c2ccccc2[O-])[nH+]c2ccccc21.Cn1c(-c2ccccc2[O-])[nH+]c2ccccc21.[Mg+2]. The van der Waals surface area contributed by atoms with Crippen LogP contribution >= 0.6 is 0 Å². The van der Waals surface area contributed by atoms with E-state index in [1.807, 2.05) is 96.0 Å². The summed E-state index contributed by atoms with van der Waals surface area (Å²) in [5.41, 5.74) is 5.65. The van der Waals surface area contributed by atoms with Crippen LogP contribution in [0.1, 0.15) is 0 Å². The number of imidazole rings is 2. The van der Waals surface area contributed by atoms with Gasteiger partial charge in [0.25, 0.3) is 11.6 Å². The van der Waals surface area contributed by atoms with E-state index in [-0.39, 0.29) is 34.6 Å². The van der Waals surface area contributed by atoms with Crippen molar-refractivity contribution in [3.63, 3.8) is 0 Å². The Labute approximate surface area is 219 Å². The molecule has 4 aromatic carbocycles. The molecule has 0 fully saturated rings. The fraction of sp³-hybridized carbons (Fsp3) is 0.0714. The molecule has 35 heavy (non-hydrogen) atoms. The molecule has 6 aromatic rings. The standard InChI is InChI=1S/2C14H12N2O.Mg/c2*1-16-12-8-4-3-7-11(12)15-14(16)10-6-2-5-9-13(10)17;/h2*2-9,17H,1H3;/q;;+2. The molecule has 0 aliphatic heterocycles. The van der Waals surface area contributed by atoms with E-state index in [2.05, 4.69) is 9.97 Å². The minimum Gasteiger partial charge on any atom is -0.872 e. The van der Waals surface area contributed by atoms with Crippen LogP contribution in [0.3, 0.4) is 0 Å². The molecule has 2 N–H and O–H groups in total. The van der Waals surface area contributed by atoms with Crippen molar-refractivity contribution in [1.29, 1.82) is 0 Å². The summed E-state index contributed by atoms with van der Waals surface area (Å²) in [6, 6.07) is 30.1. The molecule has 6 rings (SSSR count). The number of hydrogen-bond acceptors (Lipinski definition) is 2. The van der Waals surface area contributed by atoms with E-state index in [4.69, 9.17) is 0 Å². The third kappa shape index (κ3) is 4.60. The second kappa shape index (κ2) is 10.2. The molecule has 0 aliphatic carbocycles. The summed E-state index contributed by atoms with van der Waals surface area (Å²) in [5, 5.41) is 23.6. The molecule has 7 heteroatoms.